The highest BCUT2D eigenvalue weighted by atomic mass is 16.5. The van der Waals surface area contributed by atoms with E-state index in [4.69, 9.17) is 4.74 Å². The standard InChI is InChI=1S/C12H24N2O3/c1-3-12(5-7-13-9-12)11(16)14-6-4-10(15)8-17-2/h10,13,15H,3-9H2,1-2H3,(H,14,16). The van der Waals surface area contributed by atoms with Crippen LogP contribution in [0.25, 0.3) is 0 Å². The lowest BCUT2D eigenvalue weighted by molar-refractivity contribution is -0.130. The Kier molecular flexibility index (Phi) is 5.88. The summed E-state index contributed by atoms with van der Waals surface area (Å²) in [4.78, 5) is 12.1. The van der Waals surface area contributed by atoms with Gasteiger partial charge in [0.1, 0.15) is 0 Å². The zero-order chi connectivity index (χ0) is 12.7. The van der Waals surface area contributed by atoms with E-state index in [-0.39, 0.29) is 11.3 Å². The number of rotatable bonds is 7. The number of ether oxygens (including phenoxy) is 1. The SMILES string of the molecule is CCC1(C(=O)NCCC(O)COC)CCNC1. The van der Waals surface area contributed by atoms with Crippen LogP contribution in [0, 0.1) is 5.41 Å². The molecular weight excluding hydrogens is 220 g/mol. The van der Waals surface area contributed by atoms with Gasteiger partial charge in [-0.25, -0.2) is 0 Å². The molecule has 0 aromatic heterocycles. The number of carbonyl (C=O) groups excluding carboxylic acids is 1. The Hall–Kier alpha value is -0.650. The van der Waals surface area contributed by atoms with Gasteiger partial charge in [-0.2, -0.15) is 0 Å². The highest BCUT2D eigenvalue weighted by molar-refractivity contribution is 5.83. The molecule has 1 amide bonds. The fourth-order valence-electron chi connectivity index (χ4n) is 2.22. The normalized spacial score (nSPS) is 25.8. The molecule has 17 heavy (non-hydrogen) atoms. The van der Waals surface area contributed by atoms with Gasteiger partial charge in [0, 0.05) is 20.2 Å². The largest absolute Gasteiger partial charge is 0.391 e. The molecular formula is C12H24N2O3. The topological polar surface area (TPSA) is 70.6 Å². The number of hydrogen-bond donors (Lipinski definition) is 3. The summed E-state index contributed by atoms with van der Waals surface area (Å²) in [6.45, 7) is 4.54. The van der Waals surface area contributed by atoms with Crippen molar-refractivity contribution in [2.75, 3.05) is 33.4 Å². The molecule has 0 spiro atoms. The smallest absolute Gasteiger partial charge is 0.227 e. The molecule has 0 radical (unpaired) electrons. The zero-order valence-corrected chi connectivity index (χ0v) is 10.8. The summed E-state index contributed by atoms with van der Waals surface area (Å²) in [7, 11) is 1.55. The second-order valence-corrected chi connectivity index (χ2v) is 4.71. The fourth-order valence-corrected chi connectivity index (χ4v) is 2.22. The monoisotopic (exact) mass is 244 g/mol. The summed E-state index contributed by atoms with van der Waals surface area (Å²) >= 11 is 0. The molecule has 1 rings (SSSR count). The van der Waals surface area contributed by atoms with Crippen molar-refractivity contribution in [1.82, 2.24) is 10.6 Å². The Balaban J connectivity index is 2.28. The maximum Gasteiger partial charge on any atom is 0.227 e. The predicted octanol–water partition coefficient (Wildman–Crippen LogP) is -0.110. The van der Waals surface area contributed by atoms with Gasteiger partial charge >= 0.3 is 0 Å². The first-order chi connectivity index (χ1) is 8.14. The lowest BCUT2D eigenvalue weighted by Crippen LogP contribution is -2.43. The zero-order valence-electron chi connectivity index (χ0n) is 10.8. The summed E-state index contributed by atoms with van der Waals surface area (Å²) in [5.41, 5.74) is -0.244. The number of carbonyl (C=O) groups is 1. The maximum atomic E-state index is 12.1. The molecule has 0 aromatic rings. The van der Waals surface area contributed by atoms with Gasteiger partial charge in [-0.05, 0) is 25.8 Å². The highest BCUT2D eigenvalue weighted by Gasteiger charge is 2.39. The number of nitrogens with one attached hydrogen (secondary N) is 2. The van der Waals surface area contributed by atoms with Gasteiger partial charge in [0.15, 0.2) is 0 Å². The van der Waals surface area contributed by atoms with E-state index in [1.165, 1.54) is 0 Å². The molecule has 3 N–H and O–H groups in total. The fraction of sp³-hybridized carbons (Fsp3) is 0.917. The quantitative estimate of drug-likeness (QED) is 0.584. The minimum absolute atomic E-state index is 0.106. The molecule has 1 heterocycles. The van der Waals surface area contributed by atoms with Crippen molar-refractivity contribution in [3.05, 3.63) is 0 Å². The van der Waals surface area contributed by atoms with E-state index in [9.17, 15) is 9.90 Å². The molecule has 2 atom stereocenters. The van der Waals surface area contributed by atoms with E-state index >= 15 is 0 Å². The van der Waals surface area contributed by atoms with Crippen molar-refractivity contribution >= 4 is 5.91 Å². The van der Waals surface area contributed by atoms with Crippen LogP contribution in [0.5, 0.6) is 0 Å². The van der Waals surface area contributed by atoms with Crippen LogP contribution in [0.3, 0.4) is 0 Å². The van der Waals surface area contributed by atoms with Crippen molar-refractivity contribution in [2.45, 2.75) is 32.3 Å². The van der Waals surface area contributed by atoms with Crippen LogP contribution < -0.4 is 10.6 Å². The van der Waals surface area contributed by atoms with Crippen molar-refractivity contribution in [3.63, 3.8) is 0 Å². The van der Waals surface area contributed by atoms with Gasteiger partial charge in [-0.1, -0.05) is 6.92 Å². The van der Waals surface area contributed by atoms with E-state index in [0.29, 0.717) is 19.6 Å². The van der Waals surface area contributed by atoms with Crippen LogP contribution in [0.1, 0.15) is 26.2 Å². The molecule has 1 saturated heterocycles. The van der Waals surface area contributed by atoms with Crippen LogP contribution >= 0.6 is 0 Å². The average molecular weight is 244 g/mol. The average Bonchev–Trinajstić information content (AvgIpc) is 2.79. The first-order valence-electron chi connectivity index (χ1n) is 6.30. The first kappa shape index (κ1) is 14.4. The van der Waals surface area contributed by atoms with Crippen LogP contribution in [-0.2, 0) is 9.53 Å². The van der Waals surface area contributed by atoms with Gasteiger partial charge in [-0.15, -0.1) is 0 Å². The Morgan fingerprint density at radius 3 is 2.94 bits per heavy atom. The van der Waals surface area contributed by atoms with Gasteiger partial charge in [0.05, 0.1) is 18.1 Å². The highest BCUT2D eigenvalue weighted by Crippen LogP contribution is 2.29. The minimum atomic E-state index is -0.500. The van der Waals surface area contributed by atoms with Crippen molar-refractivity contribution in [1.29, 1.82) is 0 Å². The van der Waals surface area contributed by atoms with E-state index in [1.807, 2.05) is 6.92 Å². The van der Waals surface area contributed by atoms with Crippen LogP contribution in [-0.4, -0.2) is 50.5 Å². The lowest BCUT2D eigenvalue weighted by Gasteiger charge is -2.25. The first-order valence-corrected chi connectivity index (χ1v) is 6.30. The molecule has 5 heteroatoms. The molecule has 1 aliphatic rings. The summed E-state index contributed by atoms with van der Waals surface area (Å²) in [5, 5.41) is 15.6. The minimum Gasteiger partial charge on any atom is -0.391 e. The van der Waals surface area contributed by atoms with Crippen LogP contribution in [0.15, 0.2) is 0 Å². The molecule has 2 unspecified atom stereocenters. The maximum absolute atomic E-state index is 12.1. The molecule has 0 saturated carbocycles. The van der Waals surface area contributed by atoms with E-state index in [2.05, 4.69) is 10.6 Å². The molecule has 100 valence electrons. The van der Waals surface area contributed by atoms with Crippen LogP contribution in [0.4, 0.5) is 0 Å². The Labute approximate surface area is 103 Å². The summed E-state index contributed by atoms with van der Waals surface area (Å²) < 4.78 is 4.83. The third-order valence-electron chi connectivity index (χ3n) is 3.52. The summed E-state index contributed by atoms with van der Waals surface area (Å²) in [5.74, 6) is 0.106. The molecule has 0 aliphatic carbocycles. The number of aliphatic hydroxyl groups excluding tert-OH is 1. The van der Waals surface area contributed by atoms with Crippen molar-refractivity contribution in [2.24, 2.45) is 5.41 Å². The number of methoxy groups -OCH3 is 1. The summed E-state index contributed by atoms with van der Waals surface area (Å²) in [6.07, 6.45) is 1.79. The van der Waals surface area contributed by atoms with Gasteiger partial charge < -0.3 is 20.5 Å². The van der Waals surface area contributed by atoms with Crippen molar-refractivity contribution < 1.29 is 14.6 Å². The third kappa shape index (κ3) is 3.94. The molecule has 0 bridgehead atoms. The molecule has 5 nitrogen and oxygen atoms in total. The lowest BCUT2D eigenvalue weighted by atomic mass is 9.83. The Bertz CT molecular complexity index is 240. The van der Waals surface area contributed by atoms with Gasteiger partial charge in [0.25, 0.3) is 0 Å². The molecule has 0 aromatic carbocycles. The van der Waals surface area contributed by atoms with E-state index < -0.39 is 6.10 Å². The third-order valence-corrected chi connectivity index (χ3v) is 3.52. The molecule has 1 fully saturated rings. The Morgan fingerprint density at radius 1 is 1.65 bits per heavy atom. The number of aliphatic hydroxyl groups is 1. The molecule has 1 aliphatic heterocycles. The number of amides is 1. The van der Waals surface area contributed by atoms with E-state index in [1.54, 1.807) is 7.11 Å². The van der Waals surface area contributed by atoms with Crippen molar-refractivity contribution in [3.8, 4) is 0 Å². The summed E-state index contributed by atoms with van der Waals surface area (Å²) in [6, 6.07) is 0. The van der Waals surface area contributed by atoms with Gasteiger partial charge in [-0.3, -0.25) is 4.79 Å². The van der Waals surface area contributed by atoms with Gasteiger partial charge in [0.2, 0.25) is 5.91 Å². The predicted molar refractivity (Wildman–Crippen MR) is 65.7 cm³/mol. The van der Waals surface area contributed by atoms with Crippen LogP contribution in [0.2, 0.25) is 0 Å². The second kappa shape index (κ2) is 6.93. The van der Waals surface area contributed by atoms with E-state index in [0.717, 1.165) is 25.9 Å². The second-order valence-electron chi connectivity index (χ2n) is 4.71. The number of hydrogen-bond acceptors (Lipinski definition) is 4. The Morgan fingerprint density at radius 2 is 2.41 bits per heavy atom.